The molecule has 1 aromatic carbocycles. The third-order valence-corrected chi connectivity index (χ3v) is 4.94. The van der Waals surface area contributed by atoms with E-state index in [0.717, 1.165) is 37.1 Å². The number of hydrogen-bond donors (Lipinski definition) is 1. The molecule has 3 atom stereocenters. The summed E-state index contributed by atoms with van der Waals surface area (Å²) in [6.07, 6.45) is 2.89. The lowest BCUT2D eigenvalue weighted by atomic mass is 9.96. The zero-order valence-corrected chi connectivity index (χ0v) is 16.1. The molecule has 1 saturated heterocycles. The largest absolute Gasteiger partial charge is 0.496 e. The Kier molecular flexibility index (Phi) is 7.12. The van der Waals surface area contributed by atoms with Crippen LogP contribution in [-0.4, -0.2) is 43.8 Å². The molecule has 1 aliphatic rings. The highest BCUT2D eigenvalue weighted by Gasteiger charge is 2.30. The molecule has 2 rings (SSSR count). The van der Waals surface area contributed by atoms with E-state index in [9.17, 15) is 4.79 Å². The van der Waals surface area contributed by atoms with Crippen LogP contribution in [0.1, 0.15) is 51.6 Å². The summed E-state index contributed by atoms with van der Waals surface area (Å²) in [6, 6.07) is 8.04. The monoisotopic (exact) mass is 348 g/mol. The Balaban J connectivity index is 2.13. The van der Waals surface area contributed by atoms with E-state index >= 15 is 0 Å². The molecular formula is C20H32N2O3. The molecule has 5 heteroatoms. The molecule has 5 nitrogen and oxygen atoms in total. The maximum absolute atomic E-state index is 12.9. The quantitative estimate of drug-likeness (QED) is 0.845. The first-order valence-corrected chi connectivity index (χ1v) is 9.19. The molecule has 0 bridgehead atoms. The average molecular weight is 348 g/mol. The van der Waals surface area contributed by atoms with Crippen molar-refractivity contribution in [1.29, 1.82) is 0 Å². The predicted molar refractivity (Wildman–Crippen MR) is 99.9 cm³/mol. The molecular weight excluding hydrogens is 316 g/mol. The zero-order valence-electron chi connectivity index (χ0n) is 16.1. The van der Waals surface area contributed by atoms with Crippen LogP contribution in [0.3, 0.4) is 0 Å². The van der Waals surface area contributed by atoms with Gasteiger partial charge in [-0.3, -0.25) is 0 Å². The molecule has 0 radical (unpaired) electrons. The van der Waals surface area contributed by atoms with Crippen LogP contribution < -0.4 is 10.1 Å². The molecule has 0 spiro atoms. The highest BCUT2D eigenvalue weighted by Crippen LogP contribution is 2.30. The number of urea groups is 1. The van der Waals surface area contributed by atoms with Gasteiger partial charge in [-0.2, -0.15) is 0 Å². The number of ether oxygens (including phenoxy) is 2. The first kappa shape index (κ1) is 19.6. The van der Waals surface area contributed by atoms with E-state index in [0.29, 0.717) is 5.92 Å². The van der Waals surface area contributed by atoms with Gasteiger partial charge in [0.25, 0.3) is 0 Å². The summed E-state index contributed by atoms with van der Waals surface area (Å²) in [4.78, 5) is 14.8. The highest BCUT2D eigenvalue weighted by atomic mass is 16.5. The van der Waals surface area contributed by atoms with E-state index < -0.39 is 0 Å². The molecule has 1 N–H and O–H groups in total. The van der Waals surface area contributed by atoms with Crippen LogP contribution in [0.4, 0.5) is 4.79 Å². The van der Waals surface area contributed by atoms with Gasteiger partial charge in [0.2, 0.25) is 0 Å². The Labute approximate surface area is 151 Å². The van der Waals surface area contributed by atoms with Crippen LogP contribution in [-0.2, 0) is 4.74 Å². The molecule has 0 aromatic heterocycles. The maximum atomic E-state index is 12.9. The Bertz CT molecular complexity index is 562. The summed E-state index contributed by atoms with van der Waals surface area (Å²) in [5.74, 6) is 1.28. The fourth-order valence-electron chi connectivity index (χ4n) is 3.57. The van der Waals surface area contributed by atoms with Gasteiger partial charge < -0.3 is 19.7 Å². The van der Waals surface area contributed by atoms with E-state index in [1.54, 1.807) is 14.2 Å². The fraction of sp³-hybridized carbons (Fsp3) is 0.650. The number of amides is 2. The Morgan fingerprint density at radius 3 is 2.64 bits per heavy atom. The number of carbonyl (C=O) groups is 1. The summed E-state index contributed by atoms with van der Waals surface area (Å²) in [5.41, 5.74) is 1.03. The number of methoxy groups -OCH3 is 2. The SMILES string of the molecule is COc1ccccc1[C@H](CC(C)C)NC(=O)N1CC[C@@H](OC)C[C@@H]1C. The molecule has 0 aliphatic carbocycles. The summed E-state index contributed by atoms with van der Waals surface area (Å²) in [6.45, 7) is 7.15. The number of nitrogens with zero attached hydrogens (tertiary/aromatic N) is 1. The van der Waals surface area contributed by atoms with Gasteiger partial charge in [0, 0.05) is 25.3 Å². The number of nitrogens with one attached hydrogen (secondary N) is 1. The topological polar surface area (TPSA) is 50.8 Å². The second-order valence-corrected chi connectivity index (χ2v) is 7.30. The average Bonchev–Trinajstić information content (AvgIpc) is 2.60. The molecule has 25 heavy (non-hydrogen) atoms. The predicted octanol–water partition coefficient (Wildman–Crippen LogP) is 3.99. The van der Waals surface area contributed by atoms with Crippen LogP contribution >= 0.6 is 0 Å². The van der Waals surface area contributed by atoms with Gasteiger partial charge in [-0.1, -0.05) is 32.0 Å². The number of para-hydroxylation sites is 1. The van der Waals surface area contributed by atoms with Crippen molar-refractivity contribution >= 4 is 6.03 Å². The smallest absolute Gasteiger partial charge is 0.318 e. The summed E-state index contributed by atoms with van der Waals surface area (Å²) < 4.78 is 11.0. The Morgan fingerprint density at radius 2 is 2.04 bits per heavy atom. The van der Waals surface area contributed by atoms with E-state index in [-0.39, 0.29) is 24.2 Å². The second kappa shape index (κ2) is 9.09. The zero-order chi connectivity index (χ0) is 18.4. The molecule has 0 saturated carbocycles. The first-order chi connectivity index (χ1) is 12.0. The van der Waals surface area contributed by atoms with Crippen LogP contribution in [0.5, 0.6) is 5.75 Å². The number of piperidine rings is 1. The molecule has 1 heterocycles. The maximum Gasteiger partial charge on any atom is 0.318 e. The number of carbonyl (C=O) groups excluding carboxylic acids is 1. The summed E-state index contributed by atoms with van der Waals surface area (Å²) >= 11 is 0. The van der Waals surface area contributed by atoms with Crippen LogP contribution in [0.25, 0.3) is 0 Å². The van der Waals surface area contributed by atoms with Gasteiger partial charge in [0.15, 0.2) is 0 Å². The number of rotatable bonds is 6. The minimum absolute atomic E-state index is 0.00129. The third kappa shape index (κ3) is 5.11. The van der Waals surface area contributed by atoms with Crippen molar-refractivity contribution in [2.24, 2.45) is 5.92 Å². The molecule has 1 fully saturated rings. The van der Waals surface area contributed by atoms with Gasteiger partial charge in [-0.25, -0.2) is 4.79 Å². The lowest BCUT2D eigenvalue weighted by molar-refractivity contribution is 0.0288. The van der Waals surface area contributed by atoms with Crippen molar-refractivity contribution in [3.8, 4) is 5.75 Å². The lowest BCUT2D eigenvalue weighted by Crippen LogP contribution is -2.51. The molecule has 2 amide bonds. The standard InChI is InChI=1S/C20H32N2O3/c1-14(2)12-18(17-8-6-7-9-19(17)25-5)21-20(23)22-11-10-16(24-4)13-15(22)3/h6-9,14-16,18H,10-13H2,1-5H3,(H,21,23)/t15-,16+,18-/m0/s1. The van der Waals surface area contributed by atoms with E-state index in [2.05, 4.69) is 26.1 Å². The van der Waals surface area contributed by atoms with Gasteiger partial charge in [-0.05, 0) is 38.2 Å². The number of likely N-dealkylation sites (tertiary alicyclic amines) is 1. The lowest BCUT2D eigenvalue weighted by Gasteiger charge is -2.38. The van der Waals surface area contributed by atoms with Crippen molar-refractivity contribution in [3.63, 3.8) is 0 Å². The number of hydrogen-bond acceptors (Lipinski definition) is 3. The first-order valence-electron chi connectivity index (χ1n) is 9.19. The van der Waals surface area contributed by atoms with Crippen molar-refractivity contribution < 1.29 is 14.3 Å². The number of benzene rings is 1. The normalized spacial score (nSPS) is 21.9. The van der Waals surface area contributed by atoms with Crippen LogP contribution in [0.15, 0.2) is 24.3 Å². The highest BCUT2D eigenvalue weighted by molar-refractivity contribution is 5.75. The Hall–Kier alpha value is -1.75. The van der Waals surface area contributed by atoms with Crippen molar-refractivity contribution in [3.05, 3.63) is 29.8 Å². The minimum atomic E-state index is -0.0593. The van der Waals surface area contributed by atoms with Crippen molar-refractivity contribution in [1.82, 2.24) is 10.2 Å². The molecule has 1 aliphatic heterocycles. The minimum Gasteiger partial charge on any atom is -0.496 e. The molecule has 140 valence electrons. The van der Waals surface area contributed by atoms with Crippen molar-refractivity contribution in [2.45, 2.75) is 58.2 Å². The molecule has 0 unspecified atom stereocenters. The fourth-order valence-corrected chi connectivity index (χ4v) is 3.57. The van der Waals surface area contributed by atoms with Gasteiger partial charge in [0.05, 0.1) is 19.3 Å². The van der Waals surface area contributed by atoms with Gasteiger partial charge in [0.1, 0.15) is 5.75 Å². The van der Waals surface area contributed by atoms with Crippen LogP contribution in [0.2, 0.25) is 0 Å². The van der Waals surface area contributed by atoms with Crippen LogP contribution in [0, 0.1) is 5.92 Å². The van der Waals surface area contributed by atoms with E-state index in [1.807, 2.05) is 29.2 Å². The van der Waals surface area contributed by atoms with E-state index in [1.165, 1.54) is 0 Å². The van der Waals surface area contributed by atoms with Gasteiger partial charge in [-0.15, -0.1) is 0 Å². The summed E-state index contributed by atoms with van der Waals surface area (Å²) in [7, 11) is 3.41. The Morgan fingerprint density at radius 1 is 1.32 bits per heavy atom. The molecule has 1 aromatic rings. The summed E-state index contributed by atoms with van der Waals surface area (Å²) in [5, 5.41) is 3.24. The van der Waals surface area contributed by atoms with Crippen molar-refractivity contribution in [2.75, 3.05) is 20.8 Å². The second-order valence-electron chi connectivity index (χ2n) is 7.30. The third-order valence-electron chi connectivity index (χ3n) is 4.94. The van der Waals surface area contributed by atoms with Gasteiger partial charge >= 0.3 is 6.03 Å². The van der Waals surface area contributed by atoms with E-state index in [4.69, 9.17) is 9.47 Å².